The second kappa shape index (κ2) is 7.66. The normalized spacial score (nSPS) is 20.3. The number of amides is 1. The molecule has 1 aliphatic rings. The Hall–Kier alpha value is -3.22. The number of nitriles is 1. The maximum absolute atomic E-state index is 13.5. The fourth-order valence-corrected chi connectivity index (χ4v) is 4.86. The van der Waals surface area contributed by atoms with E-state index in [-0.39, 0.29) is 23.0 Å². The van der Waals surface area contributed by atoms with E-state index in [0.29, 0.717) is 10.5 Å². The lowest BCUT2D eigenvalue weighted by molar-refractivity contribution is 0.101. The summed E-state index contributed by atoms with van der Waals surface area (Å²) in [6.45, 7) is 5.71. The minimum absolute atomic E-state index is 0.172. The molecule has 1 unspecified atom stereocenters. The SMILES string of the molecule is C=C(C)[C@H]1C=Cc2c(cn(C)c2C(=O)Nc2ccc(F)c(C#N)c2)S(=O)(=NC)N1. The van der Waals surface area contributed by atoms with Gasteiger partial charge in [-0.1, -0.05) is 24.3 Å². The number of halogens is 1. The summed E-state index contributed by atoms with van der Waals surface area (Å²) in [5.41, 5.74) is 1.60. The summed E-state index contributed by atoms with van der Waals surface area (Å²) in [6, 6.07) is 5.11. The number of aryl methyl sites for hydroxylation is 1. The Kier molecular flexibility index (Phi) is 5.42. The van der Waals surface area contributed by atoms with Gasteiger partial charge in [0.05, 0.1) is 16.5 Å². The van der Waals surface area contributed by atoms with Crippen molar-refractivity contribution in [3.8, 4) is 6.07 Å². The highest BCUT2D eigenvalue weighted by molar-refractivity contribution is 7.91. The molecule has 0 saturated heterocycles. The highest BCUT2D eigenvalue weighted by Crippen LogP contribution is 2.29. The highest BCUT2D eigenvalue weighted by Gasteiger charge is 2.29. The number of nitrogens with one attached hydrogen (secondary N) is 2. The van der Waals surface area contributed by atoms with Crippen molar-refractivity contribution in [2.75, 3.05) is 12.4 Å². The smallest absolute Gasteiger partial charge is 0.272 e. The van der Waals surface area contributed by atoms with Crippen molar-refractivity contribution in [1.29, 1.82) is 5.26 Å². The van der Waals surface area contributed by atoms with Crippen LogP contribution in [0.3, 0.4) is 0 Å². The Morgan fingerprint density at radius 3 is 2.83 bits per heavy atom. The van der Waals surface area contributed by atoms with Gasteiger partial charge in [-0.3, -0.25) is 4.79 Å². The first-order chi connectivity index (χ1) is 13.7. The van der Waals surface area contributed by atoms with Crippen LogP contribution in [0.1, 0.15) is 28.5 Å². The molecule has 0 bridgehead atoms. The molecular formula is C20H20FN5O2S. The van der Waals surface area contributed by atoms with Gasteiger partial charge in [-0.25, -0.2) is 17.7 Å². The molecule has 0 fully saturated rings. The van der Waals surface area contributed by atoms with E-state index < -0.39 is 21.6 Å². The fourth-order valence-electron chi connectivity index (χ4n) is 3.04. The Bertz CT molecular complexity index is 1210. The van der Waals surface area contributed by atoms with Crippen LogP contribution in [0.15, 0.2) is 51.9 Å². The van der Waals surface area contributed by atoms with Crippen LogP contribution < -0.4 is 10.0 Å². The molecule has 1 aromatic heterocycles. The third-order valence-electron chi connectivity index (χ3n) is 4.57. The van der Waals surface area contributed by atoms with E-state index in [4.69, 9.17) is 5.26 Å². The number of benzene rings is 1. The first-order valence-corrected chi connectivity index (χ1v) is 10.2. The van der Waals surface area contributed by atoms with Gasteiger partial charge < -0.3 is 9.88 Å². The molecule has 3 rings (SSSR count). The van der Waals surface area contributed by atoms with Gasteiger partial charge >= 0.3 is 0 Å². The summed E-state index contributed by atoms with van der Waals surface area (Å²) in [5, 5.41) is 11.6. The van der Waals surface area contributed by atoms with Crippen LogP contribution in [0.25, 0.3) is 6.08 Å². The molecule has 1 aromatic carbocycles. The van der Waals surface area contributed by atoms with Gasteiger partial charge in [0.25, 0.3) is 5.91 Å². The first-order valence-electron chi connectivity index (χ1n) is 8.66. The maximum Gasteiger partial charge on any atom is 0.272 e. The third-order valence-corrected chi connectivity index (χ3v) is 6.58. The molecular weight excluding hydrogens is 393 g/mol. The summed E-state index contributed by atoms with van der Waals surface area (Å²) < 4.78 is 35.6. The highest BCUT2D eigenvalue weighted by atomic mass is 32.2. The fraction of sp³-hybridized carbons (Fsp3) is 0.200. The molecule has 7 nitrogen and oxygen atoms in total. The Morgan fingerprint density at radius 2 is 2.21 bits per heavy atom. The zero-order chi connectivity index (χ0) is 21.3. The third kappa shape index (κ3) is 3.72. The number of hydrogen-bond acceptors (Lipinski definition) is 4. The summed E-state index contributed by atoms with van der Waals surface area (Å²) in [7, 11) is 0.130. The van der Waals surface area contributed by atoms with Crippen molar-refractivity contribution >= 4 is 27.6 Å². The van der Waals surface area contributed by atoms with Gasteiger partial charge in [-0.15, -0.1) is 0 Å². The van der Waals surface area contributed by atoms with E-state index in [0.717, 1.165) is 11.6 Å². The second-order valence-corrected chi connectivity index (χ2v) is 8.73. The molecule has 2 N–H and O–H groups in total. The van der Waals surface area contributed by atoms with E-state index in [2.05, 4.69) is 21.0 Å². The van der Waals surface area contributed by atoms with Gasteiger partial charge in [-0.2, -0.15) is 5.26 Å². The number of carbonyl (C=O) groups is 1. The van der Waals surface area contributed by atoms with Crippen LogP contribution in [-0.2, 0) is 17.0 Å². The van der Waals surface area contributed by atoms with E-state index in [1.807, 2.05) is 6.92 Å². The number of nitrogens with zero attached hydrogens (tertiary/aromatic N) is 3. The largest absolute Gasteiger partial charge is 0.345 e. The minimum Gasteiger partial charge on any atom is -0.345 e. The number of fused-ring (bicyclic) bond motifs is 1. The lowest BCUT2D eigenvalue weighted by atomic mass is 10.1. The van der Waals surface area contributed by atoms with Crippen molar-refractivity contribution in [3.63, 3.8) is 0 Å². The zero-order valence-corrected chi connectivity index (χ0v) is 17.0. The Labute approximate surface area is 168 Å². The van der Waals surface area contributed by atoms with Crippen LogP contribution >= 0.6 is 0 Å². The van der Waals surface area contributed by atoms with E-state index in [9.17, 15) is 13.4 Å². The Morgan fingerprint density at radius 1 is 1.48 bits per heavy atom. The topological polar surface area (TPSA) is 99.3 Å². The van der Waals surface area contributed by atoms with Crippen molar-refractivity contribution in [2.45, 2.75) is 17.9 Å². The van der Waals surface area contributed by atoms with E-state index in [1.165, 1.54) is 19.2 Å². The monoisotopic (exact) mass is 413 g/mol. The van der Waals surface area contributed by atoms with Crippen molar-refractivity contribution in [3.05, 3.63) is 65.3 Å². The lowest BCUT2D eigenvalue weighted by Crippen LogP contribution is -2.32. The summed E-state index contributed by atoms with van der Waals surface area (Å²) >= 11 is 0. The molecule has 150 valence electrons. The van der Waals surface area contributed by atoms with Gasteiger partial charge in [0.15, 0.2) is 0 Å². The van der Waals surface area contributed by atoms with Crippen molar-refractivity contribution in [1.82, 2.24) is 9.29 Å². The number of aromatic nitrogens is 1. The van der Waals surface area contributed by atoms with Gasteiger partial charge in [-0.05, 0) is 25.1 Å². The van der Waals surface area contributed by atoms with E-state index in [1.54, 1.807) is 36.0 Å². The van der Waals surface area contributed by atoms with Gasteiger partial charge in [0.2, 0.25) is 0 Å². The number of anilines is 1. The average molecular weight is 413 g/mol. The number of carbonyl (C=O) groups excluding carboxylic acids is 1. The van der Waals surface area contributed by atoms with Crippen LogP contribution in [-0.4, -0.2) is 27.8 Å². The summed E-state index contributed by atoms with van der Waals surface area (Å²) in [6.07, 6.45) is 5.10. The molecule has 0 radical (unpaired) electrons. The molecule has 1 aliphatic heterocycles. The molecule has 2 heterocycles. The standard InChI is InChI=1S/C20H20FN5O2S/c1-12(2)17-8-6-15-18(29(28,23-3)25-17)11-26(4)19(15)20(27)24-14-5-7-16(21)13(9-14)10-22/h5-9,11,17H,1H2,2-4H3,(H,24,27)(H,23,25,28)/t17-,29?/m1/s1. The van der Waals surface area contributed by atoms with Crippen LogP contribution in [0.2, 0.25) is 0 Å². The summed E-state index contributed by atoms with van der Waals surface area (Å²) in [5.74, 6) is -1.15. The molecule has 1 amide bonds. The molecule has 9 heteroatoms. The molecule has 0 spiro atoms. The first kappa shape index (κ1) is 20.5. The molecule has 0 aliphatic carbocycles. The zero-order valence-electron chi connectivity index (χ0n) is 16.2. The quantitative estimate of drug-likeness (QED) is 0.756. The van der Waals surface area contributed by atoms with Crippen LogP contribution in [0.5, 0.6) is 0 Å². The predicted octanol–water partition coefficient (Wildman–Crippen LogP) is 3.22. The minimum atomic E-state index is -2.98. The average Bonchev–Trinajstić information content (AvgIpc) is 2.95. The van der Waals surface area contributed by atoms with E-state index >= 15 is 0 Å². The summed E-state index contributed by atoms with van der Waals surface area (Å²) in [4.78, 5) is 13.4. The Balaban J connectivity index is 2.08. The van der Waals surface area contributed by atoms with Gasteiger partial charge in [0.1, 0.15) is 27.5 Å². The molecule has 2 aromatic rings. The van der Waals surface area contributed by atoms with Crippen molar-refractivity contribution in [2.24, 2.45) is 11.4 Å². The second-order valence-electron chi connectivity index (χ2n) is 6.64. The maximum atomic E-state index is 13.5. The lowest BCUT2D eigenvalue weighted by Gasteiger charge is -2.16. The van der Waals surface area contributed by atoms with Crippen LogP contribution in [0, 0.1) is 17.1 Å². The van der Waals surface area contributed by atoms with Crippen molar-refractivity contribution < 1.29 is 13.4 Å². The van der Waals surface area contributed by atoms with Crippen LogP contribution in [0.4, 0.5) is 10.1 Å². The van der Waals surface area contributed by atoms with Gasteiger partial charge in [0, 0.05) is 31.5 Å². The predicted molar refractivity (Wildman–Crippen MR) is 110 cm³/mol. The molecule has 2 atom stereocenters. The molecule has 29 heavy (non-hydrogen) atoms. The number of hydrogen-bond donors (Lipinski definition) is 2. The number of rotatable bonds is 3. The molecule has 0 saturated carbocycles.